The molecule has 0 aliphatic rings. The molecule has 0 atom stereocenters. The maximum atomic E-state index is 11.9. The number of hydrogen-bond donors (Lipinski definition) is 1. The highest BCUT2D eigenvalue weighted by Gasteiger charge is 2.21. The summed E-state index contributed by atoms with van der Waals surface area (Å²) in [6, 6.07) is 3.12. The van der Waals surface area contributed by atoms with Gasteiger partial charge in [0, 0.05) is 34.1 Å². The standard InChI is InChI=1S/C12H19N5O3S/c1-16(2)21(18,19)12-5-4-10(20-12)8-13-7-6-11-14-9-17(3)15-11/h4-5,9,13H,6-8H2,1-3H3. The van der Waals surface area contributed by atoms with Crippen LogP contribution in [0.4, 0.5) is 0 Å². The van der Waals surface area contributed by atoms with Gasteiger partial charge in [0.2, 0.25) is 5.09 Å². The summed E-state index contributed by atoms with van der Waals surface area (Å²) in [5, 5.41) is 7.28. The van der Waals surface area contributed by atoms with Gasteiger partial charge in [-0.3, -0.25) is 4.68 Å². The van der Waals surface area contributed by atoms with Crippen molar-refractivity contribution >= 4 is 10.0 Å². The molecule has 0 amide bonds. The Bertz CT molecular complexity index is 689. The topological polar surface area (TPSA) is 93.3 Å². The first-order valence-electron chi connectivity index (χ1n) is 6.46. The minimum absolute atomic E-state index is 0.0457. The Labute approximate surface area is 123 Å². The highest BCUT2D eigenvalue weighted by atomic mass is 32.2. The molecule has 0 aliphatic carbocycles. The third kappa shape index (κ3) is 3.90. The minimum atomic E-state index is -3.51. The van der Waals surface area contributed by atoms with Crippen molar-refractivity contribution in [3.63, 3.8) is 0 Å². The SMILES string of the molecule is CN(C)S(=O)(=O)c1ccc(CNCCc2ncn(C)n2)o1. The van der Waals surface area contributed by atoms with E-state index >= 15 is 0 Å². The van der Waals surface area contributed by atoms with E-state index in [-0.39, 0.29) is 5.09 Å². The number of nitrogens with one attached hydrogen (secondary N) is 1. The van der Waals surface area contributed by atoms with Crippen LogP contribution in [0.25, 0.3) is 0 Å². The first-order valence-corrected chi connectivity index (χ1v) is 7.90. The van der Waals surface area contributed by atoms with Crippen LogP contribution in [0.1, 0.15) is 11.6 Å². The lowest BCUT2D eigenvalue weighted by molar-refractivity contribution is 0.389. The molecule has 0 aromatic carbocycles. The second kappa shape index (κ2) is 6.37. The lowest BCUT2D eigenvalue weighted by Crippen LogP contribution is -2.21. The van der Waals surface area contributed by atoms with Crippen molar-refractivity contribution < 1.29 is 12.8 Å². The Balaban J connectivity index is 1.83. The zero-order valence-electron chi connectivity index (χ0n) is 12.3. The molecule has 21 heavy (non-hydrogen) atoms. The summed E-state index contributed by atoms with van der Waals surface area (Å²) < 4.78 is 31.8. The van der Waals surface area contributed by atoms with E-state index < -0.39 is 10.0 Å². The third-order valence-corrected chi connectivity index (χ3v) is 4.53. The number of nitrogens with zero attached hydrogens (tertiary/aromatic N) is 4. The highest BCUT2D eigenvalue weighted by molar-refractivity contribution is 7.88. The molecule has 1 N–H and O–H groups in total. The van der Waals surface area contributed by atoms with Crippen LogP contribution in [0.5, 0.6) is 0 Å². The highest BCUT2D eigenvalue weighted by Crippen LogP contribution is 2.16. The van der Waals surface area contributed by atoms with Crippen LogP contribution in [0.15, 0.2) is 28.0 Å². The van der Waals surface area contributed by atoms with Crippen molar-refractivity contribution in [3.05, 3.63) is 30.0 Å². The molecule has 2 rings (SSSR count). The van der Waals surface area contributed by atoms with Crippen LogP contribution in [0, 0.1) is 0 Å². The largest absolute Gasteiger partial charge is 0.447 e. The monoisotopic (exact) mass is 313 g/mol. The van der Waals surface area contributed by atoms with E-state index in [1.807, 2.05) is 7.05 Å². The first kappa shape index (κ1) is 15.7. The van der Waals surface area contributed by atoms with Crippen molar-refractivity contribution in [1.82, 2.24) is 24.4 Å². The lowest BCUT2D eigenvalue weighted by atomic mass is 10.4. The number of aryl methyl sites for hydroxylation is 1. The molecule has 0 fully saturated rings. The van der Waals surface area contributed by atoms with E-state index in [1.54, 1.807) is 17.1 Å². The Hall–Kier alpha value is -1.71. The molecule has 0 bridgehead atoms. The number of hydrogen-bond acceptors (Lipinski definition) is 6. The maximum Gasteiger partial charge on any atom is 0.275 e. The van der Waals surface area contributed by atoms with Crippen LogP contribution < -0.4 is 5.32 Å². The third-order valence-electron chi connectivity index (χ3n) is 2.84. The summed E-state index contributed by atoms with van der Waals surface area (Å²) >= 11 is 0. The molecule has 2 aromatic heterocycles. The average Bonchev–Trinajstić information content (AvgIpc) is 3.04. The van der Waals surface area contributed by atoms with E-state index in [2.05, 4.69) is 15.4 Å². The van der Waals surface area contributed by atoms with Gasteiger partial charge in [0.15, 0.2) is 5.82 Å². The zero-order valence-corrected chi connectivity index (χ0v) is 13.1. The molecule has 116 valence electrons. The molecule has 8 nitrogen and oxygen atoms in total. The predicted molar refractivity (Wildman–Crippen MR) is 76.0 cm³/mol. The molecule has 0 aliphatic heterocycles. The Morgan fingerprint density at radius 3 is 2.76 bits per heavy atom. The zero-order chi connectivity index (χ0) is 15.5. The van der Waals surface area contributed by atoms with E-state index in [4.69, 9.17) is 4.42 Å². The van der Waals surface area contributed by atoms with Crippen molar-refractivity contribution in [2.24, 2.45) is 7.05 Å². The summed E-state index contributed by atoms with van der Waals surface area (Å²) in [6.45, 7) is 1.14. The van der Waals surface area contributed by atoms with Crippen LogP contribution in [-0.4, -0.2) is 48.1 Å². The molecular weight excluding hydrogens is 294 g/mol. The predicted octanol–water partition coefficient (Wildman–Crippen LogP) is -0.00930. The number of aromatic nitrogens is 3. The molecule has 0 radical (unpaired) electrons. The van der Waals surface area contributed by atoms with Crippen LogP contribution in [-0.2, 0) is 30.0 Å². The number of furan rings is 1. The molecule has 2 heterocycles. The fraction of sp³-hybridized carbons (Fsp3) is 0.500. The van der Waals surface area contributed by atoms with Gasteiger partial charge in [0.25, 0.3) is 10.0 Å². The van der Waals surface area contributed by atoms with Gasteiger partial charge in [-0.05, 0) is 12.1 Å². The van der Waals surface area contributed by atoms with E-state index in [0.717, 1.165) is 10.1 Å². The van der Waals surface area contributed by atoms with Gasteiger partial charge in [-0.1, -0.05) is 0 Å². The summed E-state index contributed by atoms with van der Waals surface area (Å²) in [5.74, 6) is 1.34. The molecule has 0 saturated heterocycles. The van der Waals surface area contributed by atoms with Crippen molar-refractivity contribution in [3.8, 4) is 0 Å². The van der Waals surface area contributed by atoms with Crippen molar-refractivity contribution in [2.75, 3.05) is 20.6 Å². The summed E-state index contributed by atoms with van der Waals surface area (Å²) in [4.78, 5) is 4.12. The smallest absolute Gasteiger partial charge is 0.275 e. The average molecular weight is 313 g/mol. The van der Waals surface area contributed by atoms with E-state index in [9.17, 15) is 8.42 Å². The molecule has 0 spiro atoms. The van der Waals surface area contributed by atoms with E-state index in [1.165, 1.54) is 20.2 Å². The summed E-state index contributed by atoms with van der Waals surface area (Å²) in [6.07, 6.45) is 2.35. The van der Waals surface area contributed by atoms with Gasteiger partial charge in [-0.2, -0.15) is 5.10 Å². The van der Waals surface area contributed by atoms with Gasteiger partial charge in [-0.25, -0.2) is 17.7 Å². The number of rotatable bonds is 7. The lowest BCUT2D eigenvalue weighted by Gasteiger charge is -2.07. The molecular formula is C12H19N5O3S. The summed E-state index contributed by atoms with van der Waals surface area (Å²) in [7, 11) is 1.24. The fourth-order valence-corrected chi connectivity index (χ4v) is 2.49. The van der Waals surface area contributed by atoms with Gasteiger partial charge in [-0.15, -0.1) is 0 Å². The van der Waals surface area contributed by atoms with Gasteiger partial charge in [0.1, 0.15) is 12.1 Å². The van der Waals surface area contributed by atoms with Crippen LogP contribution in [0.3, 0.4) is 0 Å². The fourth-order valence-electron chi connectivity index (χ4n) is 1.68. The molecule has 0 saturated carbocycles. The first-order chi connectivity index (χ1) is 9.89. The Morgan fingerprint density at radius 1 is 1.38 bits per heavy atom. The Morgan fingerprint density at radius 2 is 2.14 bits per heavy atom. The maximum absolute atomic E-state index is 11.9. The molecule has 9 heteroatoms. The van der Waals surface area contributed by atoms with Gasteiger partial charge in [0.05, 0.1) is 6.54 Å². The van der Waals surface area contributed by atoms with Crippen LogP contribution in [0.2, 0.25) is 0 Å². The molecule has 0 unspecified atom stereocenters. The number of sulfonamides is 1. The van der Waals surface area contributed by atoms with Gasteiger partial charge < -0.3 is 9.73 Å². The Kier molecular flexibility index (Phi) is 4.76. The second-order valence-corrected chi connectivity index (χ2v) is 6.85. The van der Waals surface area contributed by atoms with Gasteiger partial charge >= 0.3 is 0 Å². The van der Waals surface area contributed by atoms with Crippen LogP contribution >= 0.6 is 0 Å². The van der Waals surface area contributed by atoms with Crippen molar-refractivity contribution in [1.29, 1.82) is 0 Å². The van der Waals surface area contributed by atoms with Crippen molar-refractivity contribution in [2.45, 2.75) is 18.1 Å². The summed E-state index contributed by atoms with van der Waals surface area (Å²) in [5.41, 5.74) is 0. The quantitative estimate of drug-likeness (QED) is 0.723. The normalized spacial score (nSPS) is 12.2. The second-order valence-electron chi connectivity index (χ2n) is 4.77. The minimum Gasteiger partial charge on any atom is -0.447 e. The molecule has 2 aromatic rings. The van der Waals surface area contributed by atoms with E-state index in [0.29, 0.717) is 25.3 Å².